The molecule has 136 valence electrons. The van der Waals surface area contributed by atoms with Crippen LogP contribution in [0.5, 0.6) is 11.5 Å². The summed E-state index contributed by atoms with van der Waals surface area (Å²) >= 11 is 0. The van der Waals surface area contributed by atoms with Gasteiger partial charge in [-0.05, 0) is 45.4 Å². The minimum absolute atomic E-state index is 0.0230. The summed E-state index contributed by atoms with van der Waals surface area (Å²) in [6.07, 6.45) is 0.769. The van der Waals surface area contributed by atoms with Gasteiger partial charge in [-0.2, -0.15) is 5.11 Å². The largest absolute Gasteiger partial charge is 0.492 e. The molecule has 3 rings (SSSR count). The molecule has 0 saturated carbocycles. The zero-order valence-corrected chi connectivity index (χ0v) is 15.5. The highest BCUT2D eigenvalue weighted by atomic mass is 16.6. The van der Waals surface area contributed by atoms with Crippen LogP contribution in [0.1, 0.15) is 30.5 Å². The number of methoxy groups -OCH3 is 1. The van der Waals surface area contributed by atoms with E-state index in [9.17, 15) is 10.1 Å². The zero-order chi connectivity index (χ0) is 19.1. The number of benzene rings is 2. The van der Waals surface area contributed by atoms with Gasteiger partial charge >= 0.3 is 0 Å². The molecule has 7 heteroatoms. The van der Waals surface area contributed by atoms with E-state index in [1.54, 1.807) is 19.2 Å². The predicted octanol–water partition coefficient (Wildman–Crippen LogP) is 5.35. The third kappa shape index (κ3) is 3.12. The fourth-order valence-electron chi connectivity index (χ4n) is 3.21. The quantitative estimate of drug-likeness (QED) is 0.420. The van der Waals surface area contributed by atoms with Crippen LogP contribution in [0, 0.1) is 24.0 Å². The van der Waals surface area contributed by atoms with Crippen LogP contribution < -0.4 is 9.47 Å². The lowest BCUT2D eigenvalue weighted by Crippen LogP contribution is -2.24. The Labute approximate surface area is 151 Å². The molecule has 1 heterocycles. The Hall–Kier alpha value is -2.96. The number of non-ortho nitro benzene ring substituents is 1. The third-order valence-corrected chi connectivity index (χ3v) is 4.49. The SMILES string of the molecule is COc1c(C)c(N=Nc2ccc([N+](=O)[O-])cc2)c(C)c2c1OC(C)(C)C2. The van der Waals surface area contributed by atoms with Crippen LogP contribution in [0.15, 0.2) is 34.5 Å². The second kappa shape index (κ2) is 6.40. The summed E-state index contributed by atoms with van der Waals surface area (Å²) in [6.45, 7) is 8.00. The van der Waals surface area contributed by atoms with E-state index in [4.69, 9.17) is 9.47 Å². The maximum Gasteiger partial charge on any atom is 0.269 e. The smallest absolute Gasteiger partial charge is 0.269 e. The molecule has 0 saturated heterocycles. The van der Waals surface area contributed by atoms with Crippen LogP contribution in [0.4, 0.5) is 17.1 Å². The van der Waals surface area contributed by atoms with Crippen molar-refractivity contribution >= 4 is 17.1 Å². The molecule has 1 aliphatic rings. The van der Waals surface area contributed by atoms with Gasteiger partial charge in [-0.15, -0.1) is 5.11 Å². The van der Waals surface area contributed by atoms with Gasteiger partial charge < -0.3 is 9.47 Å². The van der Waals surface area contributed by atoms with Crippen molar-refractivity contribution < 1.29 is 14.4 Å². The molecule has 0 atom stereocenters. The summed E-state index contributed by atoms with van der Waals surface area (Å²) in [7, 11) is 1.61. The summed E-state index contributed by atoms with van der Waals surface area (Å²) in [5, 5.41) is 19.4. The van der Waals surface area contributed by atoms with Gasteiger partial charge in [-0.3, -0.25) is 10.1 Å². The lowest BCUT2D eigenvalue weighted by molar-refractivity contribution is -0.384. The summed E-state index contributed by atoms with van der Waals surface area (Å²) in [5.74, 6) is 1.45. The first-order valence-corrected chi connectivity index (χ1v) is 8.29. The first-order valence-electron chi connectivity index (χ1n) is 8.29. The van der Waals surface area contributed by atoms with E-state index in [1.807, 2.05) is 27.7 Å². The molecule has 0 N–H and O–H groups in total. The number of hydrogen-bond donors (Lipinski definition) is 0. The molecule has 1 aliphatic heterocycles. The van der Waals surface area contributed by atoms with Gasteiger partial charge in [0.2, 0.25) is 0 Å². The average Bonchev–Trinajstić information content (AvgIpc) is 2.91. The Morgan fingerprint density at radius 3 is 2.38 bits per heavy atom. The number of ether oxygens (including phenoxy) is 2. The molecule has 0 spiro atoms. The summed E-state index contributed by atoms with van der Waals surface area (Å²) in [5.41, 5.74) is 3.96. The fourth-order valence-corrected chi connectivity index (χ4v) is 3.21. The molecule has 0 aliphatic carbocycles. The van der Waals surface area contributed by atoms with Gasteiger partial charge in [0.1, 0.15) is 5.60 Å². The normalized spacial score (nSPS) is 15.0. The molecule has 0 radical (unpaired) electrons. The Balaban J connectivity index is 2.02. The Morgan fingerprint density at radius 2 is 1.81 bits per heavy atom. The third-order valence-electron chi connectivity index (χ3n) is 4.49. The monoisotopic (exact) mass is 355 g/mol. The van der Waals surface area contributed by atoms with Crippen molar-refractivity contribution in [1.29, 1.82) is 0 Å². The molecule has 0 unspecified atom stereocenters. The van der Waals surface area contributed by atoms with Crippen LogP contribution in [-0.4, -0.2) is 17.6 Å². The molecular formula is C19H21N3O4. The summed E-state index contributed by atoms with van der Waals surface area (Å²) in [4.78, 5) is 10.3. The number of nitrogens with zero attached hydrogens (tertiary/aromatic N) is 3. The number of azo groups is 1. The van der Waals surface area contributed by atoms with E-state index in [2.05, 4.69) is 10.2 Å². The van der Waals surface area contributed by atoms with Crippen molar-refractivity contribution in [3.63, 3.8) is 0 Å². The number of nitro groups is 1. The first-order chi connectivity index (χ1) is 12.2. The van der Waals surface area contributed by atoms with Crippen LogP contribution in [-0.2, 0) is 6.42 Å². The van der Waals surface area contributed by atoms with E-state index in [1.165, 1.54) is 12.1 Å². The standard InChI is InChI=1S/C19H21N3O4/c1-11-15-10-19(3,4)26-18(15)17(25-5)12(2)16(11)21-20-13-6-8-14(9-7-13)22(23)24/h6-9H,10H2,1-5H3. The second-order valence-corrected chi connectivity index (χ2v) is 6.95. The van der Waals surface area contributed by atoms with Crippen LogP contribution in [0.25, 0.3) is 0 Å². The molecule has 0 bridgehead atoms. The molecular weight excluding hydrogens is 334 g/mol. The molecule has 0 fully saturated rings. The minimum atomic E-state index is -0.442. The van der Waals surface area contributed by atoms with Crippen molar-refractivity contribution in [2.75, 3.05) is 7.11 Å². The highest BCUT2D eigenvalue weighted by molar-refractivity contribution is 5.69. The van der Waals surface area contributed by atoms with Crippen molar-refractivity contribution in [3.8, 4) is 11.5 Å². The summed E-state index contributed by atoms with van der Waals surface area (Å²) in [6, 6.07) is 5.97. The van der Waals surface area contributed by atoms with E-state index >= 15 is 0 Å². The predicted molar refractivity (Wildman–Crippen MR) is 98.2 cm³/mol. The maximum atomic E-state index is 10.7. The average molecular weight is 355 g/mol. The van der Waals surface area contributed by atoms with Crippen molar-refractivity contribution in [1.82, 2.24) is 0 Å². The number of fused-ring (bicyclic) bond motifs is 1. The number of rotatable bonds is 4. The van der Waals surface area contributed by atoms with E-state index in [-0.39, 0.29) is 11.3 Å². The minimum Gasteiger partial charge on any atom is -0.492 e. The van der Waals surface area contributed by atoms with Gasteiger partial charge in [0, 0.05) is 29.7 Å². The molecule has 2 aromatic rings. The highest BCUT2D eigenvalue weighted by Gasteiger charge is 2.36. The van der Waals surface area contributed by atoms with Gasteiger partial charge in [-0.25, -0.2) is 0 Å². The molecule has 7 nitrogen and oxygen atoms in total. The van der Waals surface area contributed by atoms with Crippen LogP contribution in [0.2, 0.25) is 0 Å². The topological polar surface area (TPSA) is 86.3 Å². The van der Waals surface area contributed by atoms with Crippen molar-refractivity contribution in [2.45, 2.75) is 39.7 Å². The molecule has 26 heavy (non-hydrogen) atoms. The lowest BCUT2D eigenvalue weighted by atomic mass is 9.95. The van der Waals surface area contributed by atoms with Gasteiger partial charge in [-0.1, -0.05) is 0 Å². The molecule has 0 aromatic heterocycles. The van der Waals surface area contributed by atoms with E-state index < -0.39 is 4.92 Å². The van der Waals surface area contributed by atoms with Gasteiger partial charge in [0.15, 0.2) is 11.5 Å². The maximum absolute atomic E-state index is 10.7. The van der Waals surface area contributed by atoms with Crippen LogP contribution in [0.3, 0.4) is 0 Å². The van der Waals surface area contributed by atoms with Crippen molar-refractivity contribution in [2.24, 2.45) is 10.2 Å². The van der Waals surface area contributed by atoms with Crippen molar-refractivity contribution in [3.05, 3.63) is 51.1 Å². The van der Waals surface area contributed by atoms with Crippen LogP contribution >= 0.6 is 0 Å². The van der Waals surface area contributed by atoms with Gasteiger partial charge in [0.05, 0.1) is 23.4 Å². The van der Waals surface area contributed by atoms with Gasteiger partial charge in [0.25, 0.3) is 5.69 Å². The van der Waals surface area contributed by atoms with E-state index in [0.29, 0.717) is 11.4 Å². The molecule has 0 amide bonds. The lowest BCUT2D eigenvalue weighted by Gasteiger charge is -2.18. The summed E-state index contributed by atoms with van der Waals surface area (Å²) < 4.78 is 11.6. The number of hydrogen-bond acceptors (Lipinski definition) is 6. The first kappa shape index (κ1) is 17.8. The second-order valence-electron chi connectivity index (χ2n) is 6.95. The van der Waals surface area contributed by atoms with E-state index in [0.717, 1.165) is 34.5 Å². The fraction of sp³-hybridized carbons (Fsp3) is 0.368. The Bertz CT molecular complexity index is 902. The highest BCUT2D eigenvalue weighted by Crippen LogP contribution is 2.49. The zero-order valence-electron chi connectivity index (χ0n) is 15.5. The Morgan fingerprint density at radius 1 is 1.15 bits per heavy atom. The number of nitro benzene ring substituents is 1. The Kier molecular flexibility index (Phi) is 4.39. The molecule has 2 aromatic carbocycles.